The molecular weight excluding hydrogens is 391 g/mol. The van der Waals surface area contributed by atoms with Crippen LogP contribution in [-0.4, -0.2) is 29.9 Å². The standard InChI is InChI=1S/C24H18F3NO2/c1-28-21(29)18-16-12-13-23(24(25,26)27,20(18)22(28)30)19(16)17(14-8-4-2-5-9-14)15-10-6-3-7-11-15/h2-13,16,18,20H,1H3. The lowest BCUT2D eigenvalue weighted by molar-refractivity contribution is -0.205. The summed E-state index contributed by atoms with van der Waals surface area (Å²) in [5.41, 5.74) is -0.664. The van der Waals surface area contributed by atoms with Gasteiger partial charge < -0.3 is 0 Å². The number of carbonyl (C=O) groups excluding carboxylic acids is 2. The zero-order chi connectivity index (χ0) is 21.3. The smallest absolute Gasteiger partial charge is 0.285 e. The molecule has 2 amide bonds. The Labute approximate surface area is 171 Å². The number of rotatable bonds is 2. The summed E-state index contributed by atoms with van der Waals surface area (Å²) in [4.78, 5) is 26.5. The van der Waals surface area contributed by atoms with Gasteiger partial charge in [0.05, 0.1) is 11.8 Å². The Hall–Kier alpha value is -3.15. The molecular formula is C24H18F3NO2. The van der Waals surface area contributed by atoms with Crippen molar-refractivity contribution in [2.24, 2.45) is 23.2 Å². The number of amides is 2. The van der Waals surface area contributed by atoms with E-state index in [0.29, 0.717) is 16.7 Å². The number of imide groups is 1. The topological polar surface area (TPSA) is 37.4 Å². The molecule has 0 radical (unpaired) electrons. The predicted molar refractivity (Wildman–Crippen MR) is 105 cm³/mol. The molecule has 1 aliphatic heterocycles. The second-order valence-corrected chi connectivity index (χ2v) is 8.01. The molecule has 0 N–H and O–H groups in total. The van der Waals surface area contributed by atoms with Crippen molar-refractivity contribution in [3.8, 4) is 0 Å². The lowest BCUT2D eigenvalue weighted by atomic mass is 9.71. The van der Waals surface area contributed by atoms with Crippen LogP contribution >= 0.6 is 0 Å². The van der Waals surface area contributed by atoms with Crippen molar-refractivity contribution in [3.05, 3.63) is 89.5 Å². The first-order valence-electron chi connectivity index (χ1n) is 9.72. The van der Waals surface area contributed by atoms with Gasteiger partial charge >= 0.3 is 6.18 Å². The largest absolute Gasteiger partial charge is 0.402 e. The normalized spacial score (nSPS) is 29.7. The van der Waals surface area contributed by atoms with Crippen molar-refractivity contribution in [1.29, 1.82) is 0 Å². The Morgan fingerprint density at radius 1 is 0.900 bits per heavy atom. The zero-order valence-electron chi connectivity index (χ0n) is 16.1. The number of benzene rings is 2. The van der Waals surface area contributed by atoms with Crippen LogP contribution in [0.15, 0.2) is 78.4 Å². The molecule has 4 unspecified atom stereocenters. The van der Waals surface area contributed by atoms with Crippen LogP contribution in [0.4, 0.5) is 13.2 Å². The first kappa shape index (κ1) is 18.9. The lowest BCUT2D eigenvalue weighted by Gasteiger charge is -2.35. The van der Waals surface area contributed by atoms with Crippen LogP contribution < -0.4 is 0 Å². The average molecular weight is 409 g/mol. The fourth-order valence-corrected chi connectivity index (χ4v) is 5.45. The minimum Gasteiger partial charge on any atom is -0.285 e. The number of halogens is 3. The fourth-order valence-electron chi connectivity index (χ4n) is 5.45. The molecule has 2 fully saturated rings. The van der Waals surface area contributed by atoms with Gasteiger partial charge in [-0.3, -0.25) is 14.5 Å². The van der Waals surface area contributed by atoms with Crippen LogP contribution in [0.25, 0.3) is 5.57 Å². The molecule has 1 heterocycles. The number of likely N-dealkylation sites (tertiary alicyclic amines) is 1. The van der Waals surface area contributed by atoms with Gasteiger partial charge in [0.25, 0.3) is 0 Å². The minimum absolute atomic E-state index is 0.109. The fraction of sp³-hybridized carbons (Fsp3) is 0.250. The van der Waals surface area contributed by atoms with Crippen LogP contribution in [0.5, 0.6) is 0 Å². The van der Waals surface area contributed by atoms with E-state index in [0.717, 1.165) is 11.0 Å². The second kappa shape index (κ2) is 6.17. The van der Waals surface area contributed by atoms with Crippen LogP contribution in [0.2, 0.25) is 0 Å². The quantitative estimate of drug-likeness (QED) is 0.542. The molecule has 5 rings (SSSR count). The van der Waals surface area contributed by atoms with Crippen LogP contribution in [0.1, 0.15) is 11.1 Å². The van der Waals surface area contributed by atoms with Gasteiger partial charge in [-0.15, -0.1) is 0 Å². The lowest BCUT2D eigenvalue weighted by Crippen LogP contribution is -2.45. The van der Waals surface area contributed by atoms with Crippen molar-refractivity contribution < 1.29 is 22.8 Å². The molecule has 2 aromatic carbocycles. The van der Waals surface area contributed by atoms with Crippen LogP contribution in [0.3, 0.4) is 0 Å². The van der Waals surface area contributed by atoms with Gasteiger partial charge in [-0.25, -0.2) is 0 Å². The summed E-state index contributed by atoms with van der Waals surface area (Å²) in [6.45, 7) is 0. The highest BCUT2D eigenvalue weighted by atomic mass is 19.4. The third kappa shape index (κ3) is 2.22. The van der Waals surface area contributed by atoms with Crippen LogP contribution in [-0.2, 0) is 9.59 Å². The van der Waals surface area contributed by atoms with E-state index < -0.39 is 41.2 Å². The Bertz CT molecular complexity index is 1060. The number of alkyl halides is 3. The highest BCUT2D eigenvalue weighted by Crippen LogP contribution is 2.70. The number of hydrogen-bond acceptors (Lipinski definition) is 2. The SMILES string of the molecule is CN1C(=O)C2C3C=CC(C(F)(F)F)(C3=C(c3ccccc3)c3ccccc3)C2C1=O. The van der Waals surface area contributed by atoms with Gasteiger partial charge in [-0.05, 0) is 22.3 Å². The van der Waals surface area contributed by atoms with Gasteiger partial charge in [0, 0.05) is 13.0 Å². The van der Waals surface area contributed by atoms with Gasteiger partial charge in [0.2, 0.25) is 11.8 Å². The van der Waals surface area contributed by atoms with Crippen molar-refractivity contribution >= 4 is 17.4 Å². The van der Waals surface area contributed by atoms with Gasteiger partial charge in [-0.2, -0.15) is 13.2 Å². The summed E-state index contributed by atoms with van der Waals surface area (Å²) in [5.74, 6) is -4.54. The summed E-state index contributed by atoms with van der Waals surface area (Å²) in [6.07, 6.45) is -2.13. The zero-order valence-corrected chi connectivity index (χ0v) is 16.1. The molecule has 6 heteroatoms. The van der Waals surface area contributed by atoms with E-state index in [1.165, 1.54) is 13.1 Å². The van der Waals surface area contributed by atoms with Crippen molar-refractivity contribution in [1.82, 2.24) is 4.90 Å². The maximum Gasteiger partial charge on any atom is 0.402 e. The number of carbonyl (C=O) groups is 2. The molecule has 0 aromatic heterocycles. The molecule has 152 valence electrons. The first-order valence-corrected chi connectivity index (χ1v) is 9.72. The van der Waals surface area contributed by atoms with E-state index in [1.54, 1.807) is 60.7 Å². The number of allylic oxidation sites excluding steroid dienone is 3. The third-order valence-corrected chi connectivity index (χ3v) is 6.66. The number of fused-ring (bicyclic) bond motifs is 5. The Kier molecular flexibility index (Phi) is 3.88. The van der Waals surface area contributed by atoms with E-state index in [4.69, 9.17) is 0 Å². The monoisotopic (exact) mass is 409 g/mol. The summed E-state index contributed by atoms with van der Waals surface area (Å²) in [5, 5.41) is 0. The third-order valence-electron chi connectivity index (χ3n) is 6.66. The number of nitrogens with zero attached hydrogens (tertiary/aromatic N) is 1. The second-order valence-electron chi connectivity index (χ2n) is 8.01. The maximum absolute atomic E-state index is 14.8. The summed E-state index contributed by atoms with van der Waals surface area (Å²) in [7, 11) is 1.27. The molecule has 2 aliphatic carbocycles. The first-order chi connectivity index (χ1) is 14.3. The summed E-state index contributed by atoms with van der Waals surface area (Å²) >= 11 is 0. The molecule has 30 heavy (non-hydrogen) atoms. The van der Waals surface area contributed by atoms with Crippen molar-refractivity contribution in [2.45, 2.75) is 6.18 Å². The van der Waals surface area contributed by atoms with Gasteiger partial charge in [0.15, 0.2) is 0 Å². The molecule has 4 atom stereocenters. The van der Waals surface area contributed by atoms with E-state index >= 15 is 0 Å². The minimum atomic E-state index is -4.72. The average Bonchev–Trinajstić information content (AvgIpc) is 3.33. The van der Waals surface area contributed by atoms with Gasteiger partial charge in [0.1, 0.15) is 5.41 Å². The Morgan fingerprint density at radius 2 is 1.43 bits per heavy atom. The van der Waals surface area contributed by atoms with Crippen molar-refractivity contribution in [2.75, 3.05) is 7.05 Å². The molecule has 3 aliphatic rings. The molecule has 3 nitrogen and oxygen atoms in total. The van der Waals surface area contributed by atoms with Crippen molar-refractivity contribution in [3.63, 3.8) is 0 Å². The summed E-state index contributed by atoms with van der Waals surface area (Å²) in [6, 6.07) is 17.8. The predicted octanol–water partition coefficient (Wildman–Crippen LogP) is 4.47. The van der Waals surface area contributed by atoms with E-state index in [1.807, 2.05) is 0 Å². The summed E-state index contributed by atoms with van der Waals surface area (Å²) < 4.78 is 44.3. The van der Waals surface area contributed by atoms with E-state index in [9.17, 15) is 22.8 Å². The Morgan fingerprint density at radius 3 is 1.93 bits per heavy atom. The highest BCUT2D eigenvalue weighted by molar-refractivity contribution is 6.08. The van der Waals surface area contributed by atoms with E-state index in [2.05, 4.69) is 0 Å². The molecule has 2 aromatic rings. The number of hydrogen-bond donors (Lipinski definition) is 0. The Balaban J connectivity index is 1.88. The molecule has 1 saturated carbocycles. The van der Waals surface area contributed by atoms with Gasteiger partial charge in [-0.1, -0.05) is 72.8 Å². The van der Waals surface area contributed by atoms with E-state index in [-0.39, 0.29) is 5.57 Å². The molecule has 0 spiro atoms. The van der Waals surface area contributed by atoms with Crippen LogP contribution in [0, 0.1) is 23.2 Å². The maximum atomic E-state index is 14.8. The molecule has 1 saturated heterocycles. The highest BCUT2D eigenvalue weighted by Gasteiger charge is 2.77. The molecule has 2 bridgehead atoms.